The zero-order valence-electron chi connectivity index (χ0n) is 7.04. The van der Waals surface area contributed by atoms with Crippen LogP contribution >= 0.6 is 15.9 Å². The van der Waals surface area contributed by atoms with Crippen LogP contribution in [0.3, 0.4) is 0 Å². The maximum atomic E-state index is 9.19. The molecule has 72 valence electrons. The van der Waals surface area contributed by atoms with E-state index in [0.29, 0.717) is 11.9 Å². The van der Waals surface area contributed by atoms with Crippen LogP contribution in [0.1, 0.15) is 12.8 Å². The van der Waals surface area contributed by atoms with Gasteiger partial charge in [0.2, 0.25) is 0 Å². The number of hydrogen-bond donors (Lipinski definition) is 1. The summed E-state index contributed by atoms with van der Waals surface area (Å²) in [5.41, 5.74) is 0. The fraction of sp³-hybridized carbons (Fsp3) is 1.00. The molecule has 0 radical (unpaired) electrons. The van der Waals surface area contributed by atoms with Gasteiger partial charge in [0.05, 0.1) is 18.8 Å². The zero-order chi connectivity index (χ0) is 8.81. The first-order valence-corrected chi connectivity index (χ1v) is 5.38. The minimum Gasteiger partial charge on any atom is -0.390 e. The topological polar surface area (TPSA) is 38.7 Å². The standard InChI is InChI=1S/C8H15BrO3/c9-5-7(10)6-12-8-1-3-11-4-2-8/h7-8,10H,1-6H2. The third-order valence-electron chi connectivity index (χ3n) is 1.87. The molecule has 0 spiro atoms. The van der Waals surface area contributed by atoms with Crippen molar-refractivity contribution < 1.29 is 14.6 Å². The normalized spacial score (nSPS) is 22.5. The predicted molar refractivity (Wildman–Crippen MR) is 49.6 cm³/mol. The number of hydrogen-bond acceptors (Lipinski definition) is 3. The lowest BCUT2D eigenvalue weighted by atomic mass is 10.1. The molecule has 0 aromatic rings. The van der Waals surface area contributed by atoms with E-state index in [1.165, 1.54) is 0 Å². The Hall–Kier alpha value is 0.360. The predicted octanol–water partition coefficient (Wildman–Crippen LogP) is 0.938. The molecule has 0 aliphatic carbocycles. The van der Waals surface area contributed by atoms with Gasteiger partial charge in [-0.05, 0) is 12.8 Å². The molecule has 0 aromatic carbocycles. The molecule has 1 fully saturated rings. The minimum absolute atomic E-state index is 0.285. The van der Waals surface area contributed by atoms with Crippen molar-refractivity contribution in [1.29, 1.82) is 0 Å². The monoisotopic (exact) mass is 238 g/mol. The summed E-state index contributed by atoms with van der Waals surface area (Å²) in [5.74, 6) is 0. The van der Waals surface area contributed by atoms with E-state index in [0.717, 1.165) is 26.1 Å². The Balaban J connectivity index is 2.05. The molecular formula is C8H15BrO3. The molecule has 0 aromatic heterocycles. The smallest absolute Gasteiger partial charge is 0.0870 e. The quantitative estimate of drug-likeness (QED) is 0.742. The van der Waals surface area contributed by atoms with E-state index in [1.54, 1.807) is 0 Å². The molecule has 1 aliphatic rings. The van der Waals surface area contributed by atoms with Gasteiger partial charge >= 0.3 is 0 Å². The summed E-state index contributed by atoms with van der Waals surface area (Å²) >= 11 is 3.19. The molecule has 1 saturated heterocycles. The first-order chi connectivity index (χ1) is 5.83. The largest absolute Gasteiger partial charge is 0.390 e. The molecule has 1 atom stereocenters. The Kier molecular flexibility index (Phi) is 5.14. The van der Waals surface area contributed by atoms with Crippen molar-refractivity contribution in [1.82, 2.24) is 0 Å². The number of aliphatic hydroxyl groups is 1. The maximum absolute atomic E-state index is 9.19. The fourth-order valence-corrected chi connectivity index (χ4v) is 1.32. The molecule has 12 heavy (non-hydrogen) atoms. The summed E-state index contributed by atoms with van der Waals surface area (Å²) < 4.78 is 10.7. The van der Waals surface area contributed by atoms with Gasteiger partial charge in [0.25, 0.3) is 0 Å². The second-order valence-electron chi connectivity index (χ2n) is 2.95. The highest BCUT2D eigenvalue weighted by molar-refractivity contribution is 9.09. The van der Waals surface area contributed by atoms with E-state index in [9.17, 15) is 5.11 Å². The lowest BCUT2D eigenvalue weighted by molar-refractivity contribution is -0.0547. The Morgan fingerprint density at radius 2 is 2.17 bits per heavy atom. The van der Waals surface area contributed by atoms with Gasteiger partial charge in [-0.1, -0.05) is 15.9 Å². The van der Waals surface area contributed by atoms with Gasteiger partial charge in [-0.25, -0.2) is 0 Å². The van der Waals surface area contributed by atoms with E-state index >= 15 is 0 Å². The van der Waals surface area contributed by atoms with Crippen molar-refractivity contribution >= 4 is 15.9 Å². The van der Waals surface area contributed by atoms with Gasteiger partial charge in [-0.15, -0.1) is 0 Å². The number of aliphatic hydroxyl groups excluding tert-OH is 1. The molecule has 0 saturated carbocycles. The highest BCUT2D eigenvalue weighted by Crippen LogP contribution is 2.10. The Labute approximate surface area is 81.2 Å². The first-order valence-electron chi connectivity index (χ1n) is 4.26. The summed E-state index contributed by atoms with van der Waals surface area (Å²) in [6.45, 7) is 2.00. The van der Waals surface area contributed by atoms with Crippen molar-refractivity contribution in [2.75, 3.05) is 25.2 Å². The number of alkyl halides is 1. The average molecular weight is 239 g/mol. The van der Waals surface area contributed by atoms with E-state index < -0.39 is 0 Å². The highest BCUT2D eigenvalue weighted by atomic mass is 79.9. The van der Waals surface area contributed by atoms with E-state index in [4.69, 9.17) is 9.47 Å². The number of halogens is 1. The highest BCUT2D eigenvalue weighted by Gasteiger charge is 2.15. The third kappa shape index (κ3) is 3.85. The second-order valence-corrected chi connectivity index (χ2v) is 3.60. The van der Waals surface area contributed by atoms with Gasteiger partial charge in [-0.3, -0.25) is 0 Å². The van der Waals surface area contributed by atoms with E-state index in [-0.39, 0.29) is 12.2 Å². The average Bonchev–Trinajstić information content (AvgIpc) is 2.16. The van der Waals surface area contributed by atoms with Crippen LogP contribution in [0, 0.1) is 0 Å². The molecule has 1 rings (SSSR count). The summed E-state index contributed by atoms with van der Waals surface area (Å²) in [6, 6.07) is 0. The number of rotatable bonds is 4. The van der Waals surface area contributed by atoms with Crippen LogP contribution in [-0.4, -0.2) is 42.5 Å². The molecule has 3 nitrogen and oxygen atoms in total. The molecular weight excluding hydrogens is 224 g/mol. The molecule has 1 heterocycles. The van der Waals surface area contributed by atoms with E-state index in [1.807, 2.05) is 0 Å². The fourth-order valence-electron chi connectivity index (χ4n) is 1.13. The van der Waals surface area contributed by atoms with Crippen molar-refractivity contribution in [3.8, 4) is 0 Å². The SMILES string of the molecule is OC(CBr)COC1CCOCC1. The Morgan fingerprint density at radius 3 is 2.75 bits per heavy atom. The minimum atomic E-state index is -0.382. The number of ether oxygens (including phenoxy) is 2. The van der Waals surface area contributed by atoms with Crippen molar-refractivity contribution in [2.45, 2.75) is 25.0 Å². The molecule has 0 bridgehead atoms. The van der Waals surface area contributed by atoms with E-state index in [2.05, 4.69) is 15.9 Å². The van der Waals surface area contributed by atoms with Crippen LogP contribution in [0.5, 0.6) is 0 Å². The van der Waals surface area contributed by atoms with Gasteiger partial charge in [-0.2, -0.15) is 0 Å². The van der Waals surface area contributed by atoms with Crippen LogP contribution < -0.4 is 0 Å². The lowest BCUT2D eigenvalue weighted by Crippen LogP contribution is -2.27. The summed E-state index contributed by atoms with van der Waals surface area (Å²) in [6.07, 6.45) is 1.81. The van der Waals surface area contributed by atoms with Crippen LogP contribution in [0.4, 0.5) is 0 Å². The molecule has 4 heteroatoms. The summed E-state index contributed by atoms with van der Waals surface area (Å²) in [5, 5.41) is 9.77. The second kappa shape index (κ2) is 5.91. The van der Waals surface area contributed by atoms with Crippen LogP contribution in [-0.2, 0) is 9.47 Å². The zero-order valence-corrected chi connectivity index (χ0v) is 8.63. The van der Waals surface area contributed by atoms with Gasteiger partial charge in [0, 0.05) is 18.5 Å². The molecule has 0 amide bonds. The van der Waals surface area contributed by atoms with Gasteiger partial charge in [0.1, 0.15) is 0 Å². The Bertz CT molecular complexity index is 115. The summed E-state index contributed by atoms with van der Waals surface area (Å²) in [7, 11) is 0. The van der Waals surface area contributed by atoms with Gasteiger partial charge < -0.3 is 14.6 Å². The lowest BCUT2D eigenvalue weighted by Gasteiger charge is -2.23. The van der Waals surface area contributed by atoms with Crippen LogP contribution in [0.2, 0.25) is 0 Å². The van der Waals surface area contributed by atoms with Gasteiger partial charge in [0.15, 0.2) is 0 Å². The maximum Gasteiger partial charge on any atom is 0.0870 e. The van der Waals surface area contributed by atoms with Crippen LogP contribution in [0.15, 0.2) is 0 Å². The van der Waals surface area contributed by atoms with Crippen molar-refractivity contribution in [3.05, 3.63) is 0 Å². The first kappa shape index (κ1) is 10.4. The Morgan fingerprint density at radius 1 is 1.50 bits per heavy atom. The molecule has 1 N–H and O–H groups in total. The van der Waals surface area contributed by atoms with Crippen molar-refractivity contribution in [3.63, 3.8) is 0 Å². The van der Waals surface area contributed by atoms with Crippen LogP contribution in [0.25, 0.3) is 0 Å². The molecule has 1 aliphatic heterocycles. The molecule has 1 unspecified atom stereocenters. The third-order valence-corrected chi connectivity index (χ3v) is 2.62. The summed E-state index contributed by atoms with van der Waals surface area (Å²) in [4.78, 5) is 0. The van der Waals surface area contributed by atoms with Crippen molar-refractivity contribution in [2.24, 2.45) is 0 Å².